The predicted octanol–water partition coefficient (Wildman–Crippen LogP) is 2.77. The standard InChI is InChI=1S/C23H42N6O5/c1-23(2,3)34-22(32)28-21-26-17(30)15-13-11-9-7-5-6-8-10-12-14-16-33-19(31)18(29(21)4)27-20(24)25/h18H,5-16H2,1-4H3,(H4,24,25,27)(H,26,28,30,32)/i4D3. The van der Waals surface area contributed by atoms with Crippen LogP contribution in [0.25, 0.3) is 0 Å². The molecule has 1 heterocycles. The molecule has 1 aliphatic rings. The first kappa shape index (κ1) is 24.3. The van der Waals surface area contributed by atoms with E-state index in [1.807, 2.05) is 0 Å². The van der Waals surface area contributed by atoms with Gasteiger partial charge >= 0.3 is 12.1 Å². The number of nitrogens with two attached hydrogens (primary N) is 2. The minimum atomic E-state index is -3.12. The number of aliphatic imine (C=N–C) groups is 2. The summed E-state index contributed by atoms with van der Waals surface area (Å²) in [6.07, 6.45) is 6.05. The molecule has 1 aliphatic heterocycles. The number of likely N-dealkylation sites (N-methyl/N-ethyl adjacent to an activating group) is 1. The van der Waals surface area contributed by atoms with E-state index in [1.54, 1.807) is 20.8 Å². The second-order valence-corrected chi connectivity index (χ2v) is 9.21. The molecule has 1 rings (SSSR count). The van der Waals surface area contributed by atoms with E-state index < -0.39 is 48.6 Å². The summed E-state index contributed by atoms with van der Waals surface area (Å²) in [5, 5.41) is 2.35. The zero-order valence-corrected chi connectivity index (χ0v) is 20.6. The Morgan fingerprint density at radius 2 is 1.62 bits per heavy atom. The first-order chi connectivity index (χ1) is 17.2. The lowest BCUT2D eigenvalue weighted by atomic mass is 10.1. The smallest absolute Gasteiger partial charge is 0.437 e. The molecule has 1 saturated heterocycles. The van der Waals surface area contributed by atoms with E-state index in [4.69, 9.17) is 25.1 Å². The molecule has 5 N–H and O–H groups in total. The molecule has 0 radical (unpaired) electrons. The molecule has 0 bridgehead atoms. The molecule has 11 nitrogen and oxygen atoms in total. The summed E-state index contributed by atoms with van der Waals surface area (Å²) in [7, 11) is 0. The van der Waals surface area contributed by atoms with Gasteiger partial charge in [0.05, 0.1) is 6.61 Å². The molecule has 0 aromatic rings. The fourth-order valence-electron chi connectivity index (χ4n) is 3.22. The van der Waals surface area contributed by atoms with Crippen LogP contribution >= 0.6 is 0 Å². The lowest BCUT2D eigenvalue weighted by molar-refractivity contribution is -0.148. The van der Waals surface area contributed by atoms with E-state index in [9.17, 15) is 14.4 Å². The largest absolute Gasteiger partial charge is 0.463 e. The highest BCUT2D eigenvalue weighted by atomic mass is 16.6. The van der Waals surface area contributed by atoms with Gasteiger partial charge in [-0.2, -0.15) is 0 Å². The summed E-state index contributed by atoms with van der Waals surface area (Å²) >= 11 is 0. The molecule has 0 aromatic carbocycles. The van der Waals surface area contributed by atoms with Crippen molar-refractivity contribution in [1.29, 1.82) is 0 Å². The van der Waals surface area contributed by atoms with E-state index in [0.29, 0.717) is 17.7 Å². The molecule has 0 spiro atoms. The van der Waals surface area contributed by atoms with Gasteiger partial charge in [-0.25, -0.2) is 14.6 Å². The summed E-state index contributed by atoms with van der Waals surface area (Å²) in [5.74, 6) is -3.01. The Balaban J connectivity index is 3.44. The number of hydrogen-bond acceptors (Lipinski definition) is 6. The highest BCUT2D eigenvalue weighted by Crippen LogP contribution is 2.13. The van der Waals surface area contributed by atoms with Crippen LogP contribution in [0.4, 0.5) is 4.79 Å². The summed E-state index contributed by atoms with van der Waals surface area (Å²) in [4.78, 5) is 46.0. The van der Waals surface area contributed by atoms with E-state index in [-0.39, 0.29) is 13.0 Å². The van der Waals surface area contributed by atoms with Gasteiger partial charge in [0.25, 0.3) is 0 Å². The predicted molar refractivity (Wildman–Crippen MR) is 131 cm³/mol. The molecule has 0 aliphatic carbocycles. The van der Waals surface area contributed by atoms with Crippen molar-refractivity contribution in [2.45, 2.75) is 103 Å². The van der Waals surface area contributed by atoms with Gasteiger partial charge in [0.15, 0.2) is 5.96 Å². The van der Waals surface area contributed by atoms with Gasteiger partial charge in [0.1, 0.15) is 5.60 Å². The van der Waals surface area contributed by atoms with Crippen molar-refractivity contribution in [3.8, 4) is 0 Å². The number of guanidine groups is 2. The van der Waals surface area contributed by atoms with Gasteiger partial charge in [-0.1, -0.05) is 51.4 Å². The number of nitrogens with zero attached hydrogens (tertiary/aromatic N) is 3. The Bertz CT molecular complexity index is 823. The Morgan fingerprint density at radius 1 is 1.06 bits per heavy atom. The maximum atomic E-state index is 13.0. The van der Waals surface area contributed by atoms with Crippen LogP contribution in [0.15, 0.2) is 9.98 Å². The third kappa shape index (κ3) is 13.0. The number of rotatable bonds is 1. The van der Waals surface area contributed by atoms with Crippen molar-refractivity contribution in [2.75, 3.05) is 13.6 Å². The van der Waals surface area contributed by atoms with Gasteiger partial charge < -0.3 is 25.8 Å². The average molecular weight is 486 g/mol. The van der Waals surface area contributed by atoms with Crippen LogP contribution in [-0.4, -0.2) is 60.1 Å². The molecule has 194 valence electrons. The van der Waals surface area contributed by atoms with E-state index in [2.05, 4.69) is 15.3 Å². The quantitative estimate of drug-likeness (QED) is 0.290. The van der Waals surface area contributed by atoms with Crippen molar-refractivity contribution in [3.63, 3.8) is 0 Å². The van der Waals surface area contributed by atoms with Crippen LogP contribution in [-0.2, 0) is 19.1 Å². The Kier molecular flexibility index (Phi) is 10.8. The Labute approximate surface area is 206 Å². The van der Waals surface area contributed by atoms with Crippen LogP contribution < -0.4 is 16.8 Å². The number of amides is 2. The maximum absolute atomic E-state index is 13.0. The van der Waals surface area contributed by atoms with Gasteiger partial charge in [-0.15, -0.1) is 4.99 Å². The van der Waals surface area contributed by atoms with Crippen molar-refractivity contribution in [3.05, 3.63) is 0 Å². The number of carbonyl (C=O) groups excluding carboxylic acids is 3. The second-order valence-electron chi connectivity index (χ2n) is 9.21. The number of esters is 1. The summed E-state index contributed by atoms with van der Waals surface area (Å²) in [6, 6.07) is 0. The summed E-state index contributed by atoms with van der Waals surface area (Å²) in [6.45, 7) is 1.69. The van der Waals surface area contributed by atoms with Crippen LogP contribution in [0, 0.1) is 0 Å². The molecule has 11 heteroatoms. The monoisotopic (exact) mass is 485 g/mol. The maximum Gasteiger partial charge on any atom is 0.437 e. The van der Waals surface area contributed by atoms with Gasteiger partial charge in [-0.05, 0) is 33.6 Å². The van der Waals surface area contributed by atoms with E-state index in [0.717, 1.165) is 51.4 Å². The third-order valence-corrected chi connectivity index (χ3v) is 4.84. The highest BCUT2D eigenvalue weighted by molar-refractivity contribution is 6.02. The van der Waals surface area contributed by atoms with E-state index in [1.165, 1.54) is 0 Å². The Hall–Kier alpha value is -2.85. The molecule has 2 amide bonds. The molecule has 0 aromatic heterocycles. The van der Waals surface area contributed by atoms with Crippen LogP contribution in [0.5, 0.6) is 0 Å². The van der Waals surface area contributed by atoms with Crippen LogP contribution in [0.2, 0.25) is 0 Å². The molecule has 0 saturated carbocycles. The first-order valence-electron chi connectivity index (χ1n) is 13.4. The third-order valence-electron chi connectivity index (χ3n) is 4.84. The number of nitrogens with one attached hydrogen (secondary N) is 1. The highest BCUT2D eigenvalue weighted by Gasteiger charge is 2.29. The Morgan fingerprint density at radius 3 is 2.15 bits per heavy atom. The number of ether oxygens (including phenoxy) is 2. The van der Waals surface area contributed by atoms with Crippen LogP contribution in [0.1, 0.15) is 95.5 Å². The normalized spacial score (nSPS) is 23.6. The van der Waals surface area contributed by atoms with Crippen molar-refractivity contribution >= 4 is 29.9 Å². The minimum absolute atomic E-state index is 0.0229. The first-order valence-corrected chi connectivity index (χ1v) is 11.9. The van der Waals surface area contributed by atoms with E-state index >= 15 is 0 Å². The lowest BCUT2D eigenvalue weighted by Gasteiger charge is -2.27. The molecular weight excluding hydrogens is 440 g/mol. The van der Waals surface area contributed by atoms with Crippen molar-refractivity contribution < 1.29 is 28.0 Å². The number of hydrogen-bond donors (Lipinski definition) is 3. The zero-order chi connectivity index (χ0) is 28.1. The second kappa shape index (κ2) is 15.1. The summed E-state index contributed by atoms with van der Waals surface area (Å²) in [5.41, 5.74) is 10.0. The molecule has 34 heavy (non-hydrogen) atoms. The van der Waals surface area contributed by atoms with Gasteiger partial charge in [-0.3, -0.25) is 10.1 Å². The van der Waals surface area contributed by atoms with Gasteiger partial charge in [0, 0.05) is 17.5 Å². The molecule has 1 atom stereocenters. The van der Waals surface area contributed by atoms with Gasteiger partial charge in [0.2, 0.25) is 18.0 Å². The topological polar surface area (TPSA) is 162 Å². The SMILES string of the molecule is [2H]C([2H])([2H])N1/C(=N/C(=O)OC(C)(C)C)NC(=O)CCCCCCCCCCCCOC(=O)C1N=C(N)N. The molecular formula is C23H42N6O5. The number of cyclic esters (lactones) is 1. The van der Waals surface area contributed by atoms with Crippen LogP contribution in [0.3, 0.4) is 0 Å². The minimum Gasteiger partial charge on any atom is -0.463 e. The van der Waals surface area contributed by atoms with Crippen molar-refractivity contribution in [1.82, 2.24) is 10.2 Å². The lowest BCUT2D eigenvalue weighted by Crippen LogP contribution is -2.51. The fraction of sp³-hybridized carbons (Fsp3) is 0.783. The summed E-state index contributed by atoms with van der Waals surface area (Å²) < 4.78 is 34.6. The fourth-order valence-corrected chi connectivity index (χ4v) is 3.22. The average Bonchev–Trinajstić information content (AvgIpc) is 2.73. The van der Waals surface area contributed by atoms with Crippen molar-refractivity contribution in [2.24, 2.45) is 21.5 Å². The molecule has 1 fully saturated rings. The zero-order valence-electron chi connectivity index (χ0n) is 23.6. The number of carbonyl (C=O) groups is 3. The molecule has 1 unspecified atom stereocenters.